The van der Waals surface area contributed by atoms with E-state index in [4.69, 9.17) is 0 Å². The lowest BCUT2D eigenvalue weighted by atomic mass is 10.1. The lowest BCUT2D eigenvalue weighted by Gasteiger charge is -2.25. The molecule has 1 aromatic carbocycles. The average Bonchev–Trinajstić information content (AvgIpc) is 3.09. The fourth-order valence-corrected chi connectivity index (χ4v) is 2.94. The van der Waals surface area contributed by atoms with E-state index in [1.807, 2.05) is 20.8 Å². The second-order valence-electron chi connectivity index (χ2n) is 6.76. The molecule has 3 rings (SSSR count). The number of non-ortho nitro benzene ring substituents is 1. The van der Waals surface area contributed by atoms with Crippen LogP contribution in [0.25, 0.3) is 11.0 Å². The fourth-order valence-electron chi connectivity index (χ4n) is 2.94. The summed E-state index contributed by atoms with van der Waals surface area (Å²) in [7, 11) is 1.67. The van der Waals surface area contributed by atoms with Gasteiger partial charge in [0.25, 0.3) is 11.6 Å². The number of nitro groups is 1. The van der Waals surface area contributed by atoms with Gasteiger partial charge < -0.3 is 4.90 Å². The molecule has 3 aromatic rings. The molecule has 0 spiro atoms. The van der Waals surface area contributed by atoms with E-state index in [0.717, 1.165) is 11.0 Å². The number of hydrogen-bond donors (Lipinski definition) is 0. The third kappa shape index (κ3) is 3.51. The van der Waals surface area contributed by atoms with Gasteiger partial charge >= 0.3 is 0 Å². The summed E-state index contributed by atoms with van der Waals surface area (Å²) in [6, 6.07) is 7.93. The van der Waals surface area contributed by atoms with Gasteiger partial charge in [0.15, 0.2) is 5.65 Å². The predicted octanol–water partition coefficient (Wildman–Crippen LogP) is 3.75. The lowest BCUT2D eigenvalue weighted by molar-refractivity contribution is -0.384. The number of pyridine rings is 1. The highest BCUT2D eigenvalue weighted by Crippen LogP contribution is 2.25. The second kappa shape index (κ2) is 7.14. The minimum atomic E-state index is -0.442. The number of rotatable bonds is 5. The normalized spacial score (nSPS) is 12.3. The Morgan fingerprint density at radius 3 is 2.63 bits per heavy atom. The van der Waals surface area contributed by atoms with E-state index >= 15 is 0 Å². The van der Waals surface area contributed by atoms with Crippen LogP contribution in [0.1, 0.15) is 48.8 Å². The Labute approximate surface area is 156 Å². The van der Waals surface area contributed by atoms with E-state index in [2.05, 4.69) is 10.1 Å². The Morgan fingerprint density at radius 2 is 1.96 bits per heavy atom. The minimum Gasteiger partial charge on any atom is -0.335 e. The van der Waals surface area contributed by atoms with Crippen molar-refractivity contribution in [1.82, 2.24) is 19.7 Å². The van der Waals surface area contributed by atoms with Crippen molar-refractivity contribution in [3.8, 4) is 0 Å². The van der Waals surface area contributed by atoms with Gasteiger partial charge in [-0.15, -0.1) is 0 Å². The maximum atomic E-state index is 12.9. The Kier molecular flexibility index (Phi) is 4.89. The lowest BCUT2D eigenvalue weighted by Crippen LogP contribution is -2.29. The number of carbonyl (C=O) groups excluding carboxylic acids is 1. The summed E-state index contributed by atoms with van der Waals surface area (Å²) in [5, 5.41) is 16.1. The van der Waals surface area contributed by atoms with Crippen LogP contribution in [0, 0.1) is 10.1 Å². The zero-order valence-electron chi connectivity index (χ0n) is 15.7. The molecular weight excluding hydrogens is 346 g/mol. The summed E-state index contributed by atoms with van der Waals surface area (Å²) in [6.07, 6.45) is 3.24. The second-order valence-corrected chi connectivity index (χ2v) is 6.76. The fraction of sp³-hybridized carbons (Fsp3) is 0.316. The van der Waals surface area contributed by atoms with Crippen LogP contribution in [-0.4, -0.2) is 37.5 Å². The Balaban J connectivity index is 1.87. The summed E-state index contributed by atoms with van der Waals surface area (Å²) < 4.78 is 1.80. The van der Waals surface area contributed by atoms with Crippen molar-refractivity contribution in [2.24, 2.45) is 0 Å². The molecule has 2 heterocycles. The molecule has 0 aliphatic heterocycles. The number of nitrogens with zero attached hydrogens (tertiary/aromatic N) is 5. The molecule has 1 amide bonds. The Hall–Kier alpha value is -3.29. The van der Waals surface area contributed by atoms with Crippen LogP contribution < -0.4 is 0 Å². The van der Waals surface area contributed by atoms with Gasteiger partial charge in [-0.05, 0) is 32.4 Å². The number of hydrogen-bond acceptors (Lipinski definition) is 5. The topological polar surface area (TPSA) is 94.2 Å². The van der Waals surface area contributed by atoms with Crippen molar-refractivity contribution in [3.63, 3.8) is 0 Å². The standard InChI is InChI=1S/C19H21N5O3/c1-12(2)23-18-15(11-21-23)8-16(10-20-18)19(25)22(4)13(3)14-6-5-7-17(9-14)24(26)27/h5-13H,1-4H3/t13-/m0/s1. The van der Waals surface area contributed by atoms with Crippen LogP contribution in [0.4, 0.5) is 5.69 Å². The molecule has 27 heavy (non-hydrogen) atoms. The number of aromatic nitrogens is 3. The van der Waals surface area contributed by atoms with Crippen LogP contribution in [0.5, 0.6) is 0 Å². The Bertz CT molecular complexity index is 1010. The van der Waals surface area contributed by atoms with E-state index in [9.17, 15) is 14.9 Å². The van der Waals surface area contributed by atoms with E-state index in [1.165, 1.54) is 12.1 Å². The van der Waals surface area contributed by atoms with E-state index in [1.54, 1.807) is 47.2 Å². The van der Waals surface area contributed by atoms with Gasteiger partial charge in [0.1, 0.15) is 0 Å². The summed E-state index contributed by atoms with van der Waals surface area (Å²) in [6.45, 7) is 5.86. The zero-order valence-corrected chi connectivity index (χ0v) is 15.7. The molecule has 0 fully saturated rings. The smallest absolute Gasteiger partial charge is 0.269 e. The van der Waals surface area contributed by atoms with E-state index in [0.29, 0.717) is 11.1 Å². The summed E-state index contributed by atoms with van der Waals surface area (Å²) in [4.78, 5) is 29.4. The highest BCUT2D eigenvalue weighted by Gasteiger charge is 2.21. The molecule has 140 valence electrons. The first-order valence-electron chi connectivity index (χ1n) is 8.64. The van der Waals surface area contributed by atoms with Gasteiger partial charge in [-0.3, -0.25) is 14.9 Å². The largest absolute Gasteiger partial charge is 0.335 e. The molecule has 0 N–H and O–H groups in total. The first-order valence-corrected chi connectivity index (χ1v) is 8.64. The molecule has 0 bridgehead atoms. The summed E-state index contributed by atoms with van der Waals surface area (Å²) in [5.74, 6) is -0.208. The molecule has 0 aliphatic carbocycles. The maximum Gasteiger partial charge on any atom is 0.269 e. The Morgan fingerprint density at radius 1 is 1.22 bits per heavy atom. The molecule has 0 unspecified atom stereocenters. The van der Waals surface area contributed by atoms with Crippen molar-refractivity contribution in [2.45, 2.75) is 32.9 Å². The average molecular weight is 367 g/mol. The van der Waals surface area contributed by atoms with Crippen molar-refractivity contribution in [1.29, 1.82) is 0 Å². The SMILES string of the molecule is CC(C)n1ncc2cc(C(=O)N(C)[C@@H](C)c3cccc([N+](=O)[O-])c3)cnc21. The van der Waals surface area contributed by atoms with E-state index < -0.39 is 4.92 Å². The first kappa shape index (κ1) is 18.5. The van der Waals surface area contributed by atoms with Crippen LogP contribution >= 0.6 is 0 Å². The number of amides is 1. The van der Waals surface area contributed by atoms with Crippen LogP contribution in [-0.2, 0) is 0 Å². The molecular formula is C19H21N5O3. The van der Waals surface area contributed by atoms with Gasteiger partial charge in [-0.25, -0.2) is 9.67 Å². The van der Waals surface area contributed by atoms with Crippen molar-refractivity contribution < 1.29 is 9.72 Å². The monoisotopic (exact) mass is 367 g/mol. The molecule has 2 aromatic heterocycles. The molecule has 0 radical (unpaired) electrons. The van der Waals surface area contributed by atoms with Crippen LogP contribution in [0.3, 0.4) is 0 Å². The molecule has 8 nitrogen and oxygen atoms in total. The first-order chi connectivity index (χ1) is 12.8. The van der Waals surface area contributed by atoms with Crippen LogP contribution in [0.2, 0.25) is 0 Å². The zero-order chi connectivity index (χ0) is 19.7. The summed E-state index contributed by atoms with van der Waals surface area (Å²) >= 11 is 0. The summed E-state index contributed by atoms with van der Waals surface area (Å²) in [5.41, 5.74) is 1.88. The number of fused-ring (bicyclic) bond motifs is 1. The molecule has 1 atom stereocenters. The molecule has 0 saturated carbocycles. The van der Waals surface area contributed by atoms with Crippen molar-refractivity contribution in [2.75, 3.05) is 7.05 Å². The quantitative estimate of drug-likeness (QED) is 0.505. The maximum absolute atomic E-state index is 12.9. The van der Waals surface area contributed by atoms with Crippen molar-refractivity contribution in [3.05, 3.63) is 64.0 Å². The van der Waals surface area contributed by atoms with Gasteiger partial charge in [0.2, 0.25) is 0 Å². The molecule has 0 saturated heterocycles. The number of carbonyl (C=O) groups is 1. The molecule has 8 heteroatoms. The van der Waals surface area contributed by atoms with Gasteiger partial charge in [0, 0.05) is 36.8 Å². The number of nitro benzene ring substituents is 1. The van der Waals surface area contributed by atoms with Crippen molar-refractivity contribution >= 4 is 22.6 Å². The predicted molar refractivity (Wildman–Crippen MR) is 102 cm³/mol. The third-order valence-corrected chi connectivity index (χ3v) is 4.63. The highest BCUT2D eigenvalue weighted by molar-refractivity contribution is 5.96. The minimum absolute atomic E-state index is 0.00406. The van der Waals surface area contributed by atoms with Gasteiger partial charge in [0.05, 0.1) is 22.7 Å². The van der Waals surface area contributed by atoms with Gasteiger partial charge in [-0.1, -0.05) is 12.1 Å². The van der Waals surface area contributed by atoms with E-state index in [-0.39, 0.29) is 23.7 Å². The highest BCUT2D eigenvalue weighted by atomic mass is 16.6. The van der Waals surface area contributed by atoms with Gasteiger partial charge in [-0.2, -0.15) is 5.10 Å². The van der Waals surface area contributed by atoms with Crippen LogP contribution in [0.15, 0.2) is 42.7 Å². The number of benzene rings is 1. The molecule has 0 aliphatic rings. The third-order valence-electron chi connectivity index (χ3n) is 4.63.